The zero-order chi connectivity index (χ0) is 13.9. The molecule has 0 aromatic heterocycles. The average molecular weight is 282 g/mol. The molecule has 0 aliphatic carbocycles. The zero-order valence-corrected chi connectivity index (χ0v) is 12.2. The van der Waals surface area contributed by atoms with E-state index < -0.39 is 9.84 Å². The van der Waals surface area contributed by atoms with Crippen molar-refractivity contribution in [1.82, 2.24) is 5.32 Å². The molecule has 0 bridgehead atoms. The molecule has 1 heterocycles. The Bertz CT molecular complexity index is 542. The summed E-state index contributed by atoms with van der Waals surface area (Å²) in [5.74, 6) is 0.528. The van der Waals surface area contributed by atoms with Crippen molar-refractivity contribution in [1.29, 1.82) is 0 Å². The van der Waals surface area contributed by atoms with E-state index in [4.69, 9.17) is 5.73 Å². The standard InChI is InChI=1S/C14H22N2O2S/c1-14(7-9-19(17,18)11-14)16-10-13-5-3-2-4-12(13)6-8-15/h2-5,16H,6-11,15H2,1H3. The van der Waals surface area contributed by atoms with Gasteiger partial charge in [0.05, 0.1) is 11.5 Å². The molecule has 1 aliphatic heterocycles. The van der Waals surface area contributed by atoms with Gasteiger partial charge in [0.25, 0.3) is 0 Å². The van der Waals surface area contributed by atoms with Crippen LogP contribution < -0.4 is 11.1 Å². The molecular weight excluding hydrogens is 260 g/mol. The van der Waals surface area contributed by atoms with Crippen LogP contribution in [0.1, 0.15) is 24.5 Å². The predicted molar refractivity (Wildman–Crippen MR) is 77.7 cm³/mol. The van der Waals surface area contributed by atoms with E-state index in [1.165, 1.54) is 11.1 Å². The van der Waals surface area contributed by atoms with Gasteiger partial charge in [-0.3, -0.25) is 0 Å². The van der Waals surface area contributed by atoms with Crippen molar-refractivity contribution in [3.63, 3.8) is 0 Å². The summed E-state index contributed by atoms with van der Waals surface area (Å²) in [5, 5.41) is 3.41. The van der Waals surface area contributed by atoms with Crippen LogP contribution in [0.25, 0.3) is 0 Å². The van der Waals surface area contributed by atoms with Crippen molar-refractivity contribution in [3.05, 3.63) is 35.4 Å². The van der Waals surface area contributed by atoms with E-state index in [1.54, 1.807) is 0 Å². The van der Waals surface area contributed by atoms with Crippen LogP contribution in [0.2, 0.25) is 0 Å². The molecule has 0 amide bonds. The van der Waals surface area contributed by atoms with Gasteiger partial charge in [-0.1, -0.05) is 24.3 Å². The van der Waals surface area contributed by atoms with Gasteiger partial charge in [-0.2, -0.15) is 0 Å². The third kappa shape index (κ3) is 3.78. The number of hydrogen-bond donors (Lipinski definition) is 2. The van der Waals surface area contributed by atoms with Gasteiger partial charge in [-0.05, 0) is 37.4 Å². The third-order valence-corrected chi connectivity index (χ3v) is 5.64. The predicted octanol–water partition coefficient (Wildman–Crippen LogP) is 0.855. The lowest BCUT2D eigenvalue weighted by Crippen LogP contribution is -2.43. The summed E-state index contributed by atoms with van der Waals surface area (Å²) in [4.78, 5) is 0. The van der Waals surface area contributed by atoms with Crippen molar-refractivity contribution in [3.8, 4) is 0 Å². The maximum atomic E-state index is 11.6. The average Bonchev–Trinajstić information content (AvgIpc) is 2.64. The molecule has 19 heavy (non-hydrogen) atoms. The lowest BCUT2D eigenvalue weighted by Gasteiger charge is -2.24. The smallest absolute Gasteiger partial charge is 0.152 e. The van der Waals surface area contributed by atoms with E-state index in [0.29, 0.717) is 25.3 Å². The molecule has 1 aromatic rings. The van der Waals surface area contributed by atoms with Crippen molar-refractivity contribution in [2.75, 3.05) is 18.1 Å². The van der Waals surface area contributed by atoms with E-state index in [1.807, 2.05) is 19.1 Å². The van der Waals surface area contributed by atoms with Crippen LogP contribution in [0.4, 0.5) is 0 Å². The molecule has 1 aliphatic rings. The van der Waals surface area contributed by atoms with E-state index in [-0.39, 0.29) is 11.3 Å². The number of hydrogen-bond acceptors (Lipinski definition) is 4. The molecule has 0 radical (unpaired) electrons. The minimum atomic E-state index is -2.86. The fourth-order valence-electron chi connectivity index (χ4n) is 2.59. The summed E-state index contributed by atoms with van der Waals surface area (Å²) in [6, 6.07) is 8.17. The monoisotopic (exact) mass is 282 g/mol. The first-order valence-corrected chi connectivity index (χ1v) is 8.49. The van der Waals surface area contributed by atoms with E-state index >= 15 is 0 Å². The second kappa shape index (κ2) is 5.61. The Balaban J connectivity index is 2.03. The van der Waals surface area contributed by atoms with Gasteiger partial charge in [-0.25, -0.2) is 8.42 Å². The first-order chi connectivity index (χ1) is 8.94. The van der Waals surface area contributed by atoms with Crippen LogP contribution in [-0.4, -0.2) is 32.0 Å². The molecule has 4 nitrogen and oxygen atoms in total. The number of nitrogens with one attached hydrogen (secondary N) is 1. The largest absolute Gasteiger partial charge is 0.330 e. The summed E-state index contributed by atoms with van der Waals surface area (Å²) in [6.07, 6.45) is 1.54. The normalized spacial score (nSPS) is 25.6. The van der Waals surface area contributed by atoms with Crippen LogP contribution in [0.15, 0.2) is 24.3 Å². The Labute approximate surface area is 115 Å². The van der Waals surface area contributed by atoms with Gasteiger partial charge in [0, 0.05) is 12.1 Å². The molecule has 2 rings (SSSR count). The van der Waals surface area contributed by atoms with Gasteiger partial charge in [0.1, 0.15) is 0 Å². The summed E-state index contributed by atoms with van der Waals surface area (Å²) in [5.41, 5.74) is 7.76. The molecule has 0 saturated carbocycles. The number of sulfone groups is 1. The molecule has 3 N–H and O–H groups in total. The van der Waals surface area contributed by atoms with Crippen molar-refractivity contribution in [2.24, 2.45) is 5.73 Å². The molecular formula is C14H22N2O2S. The summed E-state index contributed by atoms with van der Waals surface area (Å²) in [6.45, 7) is 3.31. The van der Waals surface area contributed by atoms with Gasteiger partial charge in [0.2, 0.25) is 0 Å². The Hall–Kier alpha value is -0.910. The molecule has 1 aromatic carbocycles. The molecule has 1 atom stereocenters. The fourth-order valence-corrected chi connectivity index (χ4v) is 4.71. The van der Waals surface area contributed by atoms with Crippen molar-refractivity contribution >= 4 is 9.84 Å². The highest BCUT2D eigenvalue weighted by atomic mass is 32.2. The van der Waals surface area contributed by atoms with E-state index in [9.17, 15) is 8.42 Å². The van der Waals surface area contributed by atoms with Crippen LogP contribution >= 0.6 is 0 Å². The van der Waals surface area contributed by atoms with Gasteiger partial charge in [0.15, 0.2) is 9.84 Å². The number of nitrogens with two attached hydrogens (primary N) is 1. The SMILES string of the molecule is CC1(NCc2ccccc2CCN)CCS(=O)(=O)C1. The Morgan fingerprint density at radius 1 is 1.32 bits per heavy atom. The first-order valence-electron chi connectivity index (χ1n) is 6.66. The fraction of sp³-hybridized carbons (Fsp3) is 0.571. The minimum Gasteiger partial charge on any atom is -0.330 e. The Kier molecular flexibility index (Phi) is 4.28. The molecule has 106 valence electrons. The zero-order valence-electron chi connectivity index (χ0n) is 11.4. The highest BCUT2D eigenvalue weighted by molar-refractivity contribution is 7.91. The molecule has 1 fully saturated rings. The van der Waals surface area contributed by atoms with Crippen molar-refractivity contribution < 1.29 is 8.42 Å². The van der Waals surface area contributed by atoms with Gasteiger partial charge in [-0.15, -0.1) is 0 Å². The number of benzene rings is 1. The van der Waals surface area contributed by atoms with Gasteiger partial charge >= 0.3 is 0 Å². The van der Waals surface area contributed by atoms with Gasteiger partial charge < -0.3 is 11.1 Å². The maximum Gasteiger partial charge on any atom is 0.152 e. The Morgan fingerprint density at radius 3 is 2.58 bits per heavy atom. The molecule has 1 saturated heterocycles. The second-order valence-corrected chi connectivity index (χ2v) is 7.75. The lowest BCUT2D eigenvalue weighted by atomic mass is 9.99. The maximum absolute atomic E-state index is 11.6. The highest BCUT2D eigenvalue weighted by Gasteiger charge is 2.37. The van der Waals surface area contributed by atoms with Crippen molar-refractivity contribution in [2.45, 2.75) is 31.8 Å². The number of rotatable bonds is 5. The first kappa shape index (κ1) is 14.5. The lowest BCUT2D eigenvalue weighted by molar-refractivity contribution is 0.395. The van der Waals surface area contributed by atoms with Crippen LogP contribution in [-0.2, 0) is 22.8 Å². The summed E-state index contributed by atoms with van der Waals surface area (Å²) < 4.78 is 23.1. The Morgan fingerprint density at radius 2 is 2.00 bits per heavy atom. The summed E-state index contributed by atoms with van der Waals surface area (Å²) in [7, 11) is -2.86. The second-order valence-electron chi connectivity index (χ2n) is 5.56. The highest BCUT2D eigenvalue weighted by Crippen LogP contribution is 2.23. The molecule has 1 unspecified atom stereocenters. The topological polar surface area (TPSA) is 72.2 Å². The minimum absolute atomic E-state index is 0.235. The molecule has 0 spiro atoms. The quantitative estimate of drug-likeness (QED) is 0.840. The summed E-state index contributed by atoms with van der Waals surface area (Å²) >= 11 is 0. The van der Waals surface area contributed by atoms with E-state index in [0.717, 1.165) is 6.42 Å². The van der Waals surface area contributed by atoms with E-state index in [2.05, 4.69) is 17.4 Å². The third-order valence-electron chi connectivity index (χ3n) is 3.74. The van der Waals surface area contributed by atoms with Crippen LogP contribution in [0.3, 0.4) is 0 Å². The van der Waals surface area contributed by atoms with Crippen LogP contribution in [0.5, 0.6) is 0 Å². The molecule has 5 heteroatoms. The van der Waals surface area contributed by atoms with Crippen LogP contribution in [0, 0.1) is 0 Å².